The highest BCUT2D eigenvalue weighted by Gasteiger charge is 2.29. The van der Waals surface area contributed by atoms with E-state index in [4.69, 9.17) is 0 Å². The molecular formula is C27H38N4O4S. The first-order valence-corrected chi connectivity index (χ1v) is 14.0. The minimum Gasteiger partial charge on any atom is -0.372 e. The molecule has 2 aromatic rings. The first-order chi connectivity index (χ1) is 17.0. The summed E-state index contributed by atoms with van der Waals surface area (Å²) >= 11 is 0. The third kappa shape index (κ3) is 6.25. The van der Waals surface area contributed by atoms with Crippen molar-refractivity contribution in [3.8, 4) is 0 Å². The Morgan fingerprint density at radius 2 is 1.78 bits per heavy atom. The Labute approximate surface area is 215 Å². The highest BCUT2D eigenvalue weighted by molar-refractivity contribution is 7.89. The molecule has 0 fully saturated rings. The first-order valence-electron chi connectivity index (χ1n) is 12.6. The van der Waals surface area contributed by atoms with E-state index in [1.807, 2.05) is 39.0 Å². The lowest BCUT2D eigenvalue weighted by molar-refractivity contribution is -0.118. The molecule has 1 aliphatic heterocycles. The lowest BCUT2D eigenvalue weighted by Gasteiger charge is -2.23. The molecule has 36 heavy (non-hydrogen) atoms. The fourth-order valence-corrected chi connectivity index (χ4v) is 5.86. The zero-order valence-corrected chi connectivity index (χ0v) is 22.9. The third-order valence-electron chi connectivity index (χ3n) is 6.55. The largest absolute Gasteiger partial charge is 0.372 e. The van der Waals surface area contributed by atoms with Crippen LogP contribution in [0.15, 0.2) is 41.3 Å². The van der Waals surface area contributed by atoms with E-state index in [0.29, 0.717) is 25.1 Å². The summed E-state index contributed by atoms with van der Waals surface area (Å²) in [7, 11) is -3.96. The number of nitrogens with zero attached hydrogens (tertiary/aromatic N) is 2. The molecule has 1 atom stereocenters. The maximum Gasteiger partial charge on any atom is 0.242 e. The zero-order valence-electron chi connectivity index (χ0n) is 22.1. The lowest BCUT2D eigenvalue weighted by atomic mass is 10.0. The Bertz CT molecular complexity index is 1220. The number of anilines is 3. The number of sulfonamides is 1. The predicted octanol–water partition coefficient (Wildman–Crippen LogP) is 4.08. The summed E-state index contributed by atoms with van der Waals surface area (Å²) in [5.74, 6) is -0.370. The van der Waals surface area contributed by atoms with Gasteiger partial charge in [-0.1, -0.05) is 13.8 Å². The van der Waals surface area contributed by atoms with Crippen molar-refractivity contribution in [2.75, 3.05) is 34.8 Å². The highest BCUT2D eigenvalue weighted by atomic mass is 32.2. The SMILES string of the molecule is CCN(CC)c1ccc(NC(=O)[C@H](CC(C)C)NS(=O)(=O)c2ccc3c(c2)CCN3C(C)=O)c(C)c1. The Kier molecular flexibility index (Phi) is 8.79. The maximum absolute atomic E-state index is 13.3. The van der Waals surface area contributed by atoms with Crippen LogP contribution in [0.2, 0.25) is 0 Å². The van der Waals surface area contributed by atoms with E-state index in [-0.39, 0.29) is 16.7 Å². The molecule has 0 saturated carbocycles. The van der Waals surface area contributed by atoms with Crippen LogP contribution >= 0.6 is 0 Å². The fourth-order valence-electron chi connectivity index (χ4n) is 4.60. The van der Waals surface area contributed by atoms with Gasteiger partial charge in [-0.25, -0.2) is 8.42 Å². The summed E-state index contributed by atoms with van der Waals surface area (Å²) in [6, 6.07) is 9.67. The number of fused-ring (bicyclic) bond motifs is 1. The predicted molar refractivity (Wildman–Crippen MR) is 145 cm³/mol. The molecule has 0 aliphatic carbocycles. The van der Waals surface area contributed by atoms with Crippen LogP contribution in [0.1, 0.15) is 52.2 Å². The van der Waals surface area contributed by atoms with Crippen LogP contribution in [-0.4, -0.2) is 45.9 Å². The molecule has 0 unspecified atom stereocenters. The Morgan fingerprint density at radius 1 is 1.08 bits per heavy atom. The van der Waals surface area contributed by atoms with Crippen molar-refractivity contribution < 1.29 is 18.0 Å². The standard InChI is InChI=1S/C27H38N4O4S/c1-7-30(8-2)22-9-11-24(19(5)16-22)28-27(33)25(15-18(3)4)29-36(34,35)23-10-12-26-21(17-23)13-14-31(26)20(6)32/h9-12,16-18,25,29H,7-8,13-15H2,1-6H3,(H,28,33)/t25-/m0/s1. The molecule has 2 aromatic carbocycles. The number of amides is 2. The second-order valence-electron chi connectivity index (χ2n) is 9.68. The number of rotatable bonds is 10. The lowest BCUT2D eigenvalue weighted by Crippen LogP contribution is -2.44. The van der Waals surface area contributed by atoms with Gasteiger partial charge in [0.15, 0.2) is 0 Å². The van der Waals surface area contributed by atoms with Crippen molar-refractivity contribution in [1.29, 1.82) is 0 Å². The number of benzene rings is 2. The van der Waals surface area contributed by atoms with Gasteiger partial charge in [0, 0.05) is 43.6 Å². The van der Waals surface area contributed by atoms with E-state index in [9.17, 15) is 18.0 Å². The molecule has 8 nitrogen and oxygen atoms in total. The summed E-state index contributed by atoms with van der Waals surface area (Å²) in [5, 5.41) is 2.92. The van der Waals surface area contributed by atoms with E-state index in [1.165, 1.54) is 13.0 Å². The second kappa shape index (κ2) is 11.4. The molecule has 0 radical (unpaired) electrons. The van der Waals surface area contributed by atoms with Gasteiger partial charge in [-0.3, -0.25) is 9.59 Å². The number of nitrogens with one attached hydrogen (secondary N) is 2. The van der Waals surface area contributed by atoms with Crippen LogP contribution in [-0.2, 0) is 26.0 Å². The van der Waals surface area contributed by atoms with Crippen molar-refractivity contribution in [2.45, 2.75) is 65.3 Å². The van der Waals surface area contributed by atoms with Gasteiger partial charge in [0.2, 0.25) is 21.8 Å². The van der Waals surface area contributed by atoms with E-state index >= 15 is 0 Å². The maximum atomic E-state index is 13.3. The Morgan fingerprint density at radius 3 is 2.36 bits per heavy atom. The minimum atomic E-state index is -3.96. The van der Waals surface area contributed by atoms with Gasteiger partial charge >= 0.3 is 0 Å². The summed E-state index contributed by atoms with van der Waals surface area (Å²) in [5.41, 5.74) is 4.19. The van der Waals surface area contributed by atoms with Crippen LogP contribution in [0.4, 0.5) is 17.1 Å². The smallest absolute Gasteiger partial charge is 0.242 e. The van der Waals surface area contributed by atoms with Crippen molar-refractivity contribution in [3.05, 3.63) is 47.5 Å². The van der Waals surface area contributed by atoms with Crippen molar-refractivity contribution in [2.24, 2.45) is 5.92 Å². The third-order valence-corrected chi connectivity index (χ3v) is 8.02. The summed E-state index contributed by atoms with van der Waals surface area (Å²) in [6.07, 6.45) is 0.946. The van der Waals surface area contributed by atoms with Gasteiger partial charge in [-0.15, -0.1) is 0 Å². The molecular weight excluding hydrogens is 476 g/mol. The van der Waals surface area contributed by atoms with Crippen LogP contribution in [0.3, 0.4) is 0 Å². The molecule has 196 valence electrons. The quantitative estimate of drug-likeness (QED) is 0.498. The topological polar surface area (TPSA) is 98.8 Å². The molecule has 2 amide bonds. The molecule has 0 spiro atoms. The molecule has 1 aliphatic rings. The molecule has 2 N–H and O–H groups in total. The molecule has 1 heterocycles. The molecule has 0 bridgehead atoms. The van der Waals surface area contributed by atoms with E-state index in [0.717, 1.165) is 35.6 Å². The minimum absolute atomic E-state index is 0.0726. The van der Waals surface area contributed by atoms with Gasteiger partial charge in [0.1, 0.15) is 6.04 Å². The Balaban J connectivity index is 1.81. The van der Waals surface area contributed by atoms with E-state index < -0.39 is 22.0 Å². The van der Waals surface area contributed by atoms with Crippen molar-refractivity contribution in [3.63, 3.8) is 0 Å². The van der Waals surface area contributed by atoms with Crippen LogP contribution in [0.5, 0.6) is 0 Å². The molecule has 0 aromatic heterocycles. The van der Waals surface area contributed by atoms with Crippen LogP contribution in [0, 0.1) is 12.8 Å². The average molecular weight is 515 g/mol. The van der Waals surface area contributed by atoms with Gasteiger partial charge in [0.05, 0.1) is 4.90 Å². The fraction of sp³-hybridized carbons (Fsp3) is 0.481. The highest BCUT2D eigenvalue weighted by Crippen LogP contribution is 2.30. The van der Waals surface area contributed by atoms with E-state index in [2.05, 4.69) is 28.8 Å². The van der Waals surface area contributed by atoms with Gasteiger partial charge in [-0.2, -0.15) is 4.72 Å². The van der Waals surface area contributed by atoms with Crippen molar-refractivity contribution >= 4 is 38.9 Å². The van der Waals surface area contributed by atoms with Crippen LogP contribution < -0.4 is 19.8 Å². The van der Waals surface area contributed by atoms with Gasteiger partial charge in [-0.05, 0) is 87.1 Å². The summed E-state index contributed by atoms with van der Waals surface area (Å²) in [6.45, 7) is 13.8. The Hall–Kier alpha value is -2.91. The molecule has 0 saturated heterocycles. The zero-order chi connectivity index (χ0) is 26.6. The molecule has 3 rings (SSSR count). The van der Waals surface area contributed by atoms with Crippen LogP contribution in [0.25, 0.3) is 0 Å². The monoisotopic (exact) mass is 514 g/mol. The summed E-state index contributed by atoms with van der Waals surface area (Å²) < 4.78 is 29.2. The normalized spacial score (nSPS) is 14.0. The summed E-state index contributed by atoms with van der Waals surface area (Å²) in [4.78, 5) is 29.0. The number of aryl methyl sites for hydroxylation is 1. The number of hydrogen-bond donors (Lipinski definition) is 2. The number of carbonyl (C=O) groups excluding carboxylic acids is 2. The van der Waals surface area contributed by atoms with Crippen molar-refractivity contribution in [1.82, 2.24) is 4.72 Å². The van der Waals surface area contributed by atoms with Gasteiger partial charge in [0.25, 0.3) is 0 Å². The average Bonchev–Trinajstić information content (AvgIpc) is 3.24. The second-order valence-corrected chi connectivity index (χ2v) is 11.4. The number of carbonyl (C=O) groups is 2. The first kappa shape index (κ1) is 27.7. The van der Waals surface area contributed by atoms with E-state index in [1.54, 1.807) is 17.0 Å². The number of hydrogen-bond acceptors (Lipinski definition) is 5. The van der Waals surface area contributed by atoms with Gasteiger partial charge < -0.3 is 15.1 Å². The molecule has 9 heteroatoms.